The lowest BCUT2D eigenvalue weighted by Crippen LogP contribution is -2.34. The summed E-state index contributed by atoms with van der Waals surface area (Å²) in [4.78, 5) is 20.4. The van der Waals surface area contributed by atoms with Gasteiger partial charge in [-0.3, -0.25) is 9.98 Å². The summed E-state index contributed by atoms with van der Waals surface area (Å²) in [5.74, 6) is -0.290. The summed E-state index contributed by atoms with van der Waals surface area (Å²) in [7, 11) is 0. The van der Waals surface area contributed by atoms with Gasteiger partial charge in [-0.15, -0.1) is 0 Å². The Balaban J connectivity index is 2.12. The molecule has 1 aromatic carbocycles. The smallest absolute Gasteiger partial charge is 0.335 e. The molecule has 0 saturated carbocycles. The van der Waals surface area contributed by atoms with Gasteiger partial charge >= 0.3 is 5.97 Å². The van der Waals surface area contributed by atoms with E-state index in [1.165, 1.54) is 0 Å². The summed E-state index contributed by atoms with van der Waals surface area (Å²) in [5, 5.41) is 1.95. The van der Waals surface area contributed by atoms with Crippen LogP contribution in [0, 0.1) is 0 Å². The number of benzene rings is 1. The van der Waals surface area contributed by atoms with Crippen molar-refractivity contribution in [3.63, 3.8) is 0 Å². The standard InChI is InChI=1S/C16H14N2O2/c1-2-20-16(19)13-8-11-5-6-12-9-17-7-3-4-14(12)15(11)18-10-13/h3-7,9-10H,2,8H2,1H3. The zero-order chi connectivity index (χ0) is 13.9. The summed E-state index contributed by atoms with van der Waals surface area (Å²) >= 11 is 0. The summed E-state index contributed by atoms with van der Waals surface area (Å²) in [5.41, 5.74) is 2.66. The number of fused-ring (bicyclic) bond motifs is 3. The van der Waals surface area contributed by atoms with Crippen LogP contribution in [0.3, 0.4) is 0 Å². The van der Waals surface area contributed by atoms with Crippen molar-refractivity contribution in [1.82, 2.24) is 0 Å². The van der Waals surface area contributed by atoms with Gasteiger partial charge in [-0.05, 0) is 18.6 Å². The Kier molecular flexibility index (Phi) is 3.29. The van der Waals surface area contributed by atoms with Crippen molar-refractivity contribution < 1.29 is 9.53 Å². The third-order valence-electron chi connectivity index (χ3n) is 3.25. The van der Waals surface area contributed by atoms with Gasteiger partial charge in [0.15, 0.2) is 0 Å². The van der Waals surface area contributed by atoms with E-state index in [4.69, 9.17) is 4.74 Å². The maximum atomic E-state index is 11.8. The summed E-state index contributed by atoms with van der Waals surface area (Å²) in [6.45, 7) is 2.18. The van der Waals surface area contributed by atoms with Crippen molar-refractivity contribution in [2.75, 3.05) is 6.61 Å². The monoisotopic (exact) mass is 266 g/mol. The van der Waals surface area contributed by atoms with Crippen LogP contribution in [0.2, 0.25) is 0 Å². The number of carbonyl (C=O) groups is 1. The van der Waals surface area contributed by atoms with E-state index >= 15 is 0 Å². The van der Waals surface area contributed by atoms with Crippen molar-refractivity contribution in [3.8, 4) is 0 Å². The number of nitrogens with zero attached hydrogens (tertiary/aromatic N) is 2. The number of rotatable bonds is 2. The molecular formula is C16H14N2O2. The lowest BCUT2D eigenvalue weighted by Gasteiger charge is -2.11. The molecule has 2 heterocycles. The number of allylic oxidation sites excluding steroid dienone is 1. The first-order chi connectivity index (χ1) is 9.79. The Morgan fingerprint density at radius 2 is 2.30 bits per heavy atom. The molecule has 0 bridgehead atoms. The van der Waals surface area contributed by atoms with Crippen molar-refractivity contribution in [2.45, 2.75) is 13.3 Å². The highest BCUT2D eigenvalue weighted by molar-refractivity contribution is 5.89. The van der Waals surface area contributed by atoms with Crippen LogP contribution in [0.25, 0.3) is 6.08 Å². The van der Waals surface area contributed by atoms with Crippen LogP contribution >= 0.6 is 0 Å². The Hall–Kier alpha value is -2.49. The van der Waals surface area contributed by atoms with Crippen LogP contribution < -0.4 is 10.6 Å². The van der Waals surface area contributed by atoms with E-state index in [-0.39, 0.29) is 5.97 Å². The highest BCUT2D eigenvalue weighted by atomic mass is 16.5. The van der Waals surface area contributed by atoms with Gasteiger partial charge in [0.2, 0.25) is 0 Å². The van der Waals surface area contributed by atoms with E-state index in [9.17, 15) is 4.79 Å². The minimum Gasteiger partial charge on any atom is -0.463 e. The predicted octanol–water partition coefficient (Wildman–Crippen LogP) is 1.04. The Bertz CT molecular complexity index is 770. The van der Waals surface area contributed by atoms with Gasteiger partial charge in [0, 0.05) is 35.8 Å². The highest BCUT2D eigenvalue weighted by Crippen LogP contribution is 2.10. The third-order valence-corrected chi connectivity index (χ3v) is 3.25. The quantitative estimate of drug-likeness (QED) is 0.751. The Morgan fingerprint density at radius 1 is 1.40 bits per heavy atom. The molecule has 0 atom stereocenters. The molecule has 0 fully saturated rings. The molecule has 0 spiro atoms. The number of aliphatic imine (C=N–C) groups is 1. The minimum absolute atomic E-state index is 0.290. The van der Waals surface area contributed by atoms with Crippen LogP contribution in [0.15, 0.2) is 46.2 Å². The van der Waals surface area contributed by atoms with Crippen LogP contribution in [-0.4, -0.2) is 18.8 Å². The van der Waals surface area contributed by atoms with Crippen molar-refractivity contribution in [3.05, 3.63) is 57.9 Å². The molecule has 1 aromatic rings. The topological polar surface area (TPSA) is 51.0 Å². The second-order valence-electron chi connectivity index (χ2n) is 4.54. The summed E-state index contributed by atoms with van der Waals surface area (Å²) in [6.07, 6.45) is 9.61. The number of esters is 1. The van der Waals surface area contributed by atoms with Gasteiger partial charge in [-0.25, -0.2) is 4.79 Å². The summed E-state index contributed by atoms with van der Waals surface area (Å²) < 4.78 is 5.02. The lowest BCUT2D eigenvalue weighted by atomic mass is 9.99. The molecule has 4 heteroatoms. The van der Waals surface area contributed by atoms with E-state index < -0.39 is 0 Å². The molecule has 4 nitrogen and oxygen atoms in total. The molecule has 0 unspecified atom stereocenters. The molecule has 0 radical (unpaired) electrons. The first-order valence-electron chi connectivity index (χ1n) is 6.55. The van der Waals surface area contributed by atoms with Gasteiger partial charge in [0.1, 0.15) is 0 Å². The maximum absolute atomic E-state index is 11.8. The molecule has 0 aromatic heterocycles. The van der Waals surface area contributed by atoms with Crippen LogP contribution in [0.1, 0.15) is 18.1 Å². The van der Waals surface area contributed by atoms with E-state index in [1.807, 2.05) is 30.5 Å². The summed E-state index contributed by atoms with van der Waals surface area (Å²) in [6, 6.07) is 4.00. The maximum Gasteiger partial charge on any atom is 0.335 e. The molecule has 0 N–H and O–H groups in total. The normalized spacial score (nSPS) is 15.2. The minimum atomic E-state index is -0.290. The zero-order valence-corrected chi connectivity index (χ0v) is 11.2. The van der Waals surface area contributed by atoms with Crippen LogP contribution in [0.4, 0.5) is 0 Å². The fourth-order valence-corrected chi connectivity index (χ4v) is 2.31. The first kappa shape index (κ1) is 12.5. The molecule has 20 heavy (non-hydrogen) atoms. The van der Waals surface area contributed by atoms with Crippen molar-refractivity contribution in [1.29, 1.82) is 0 Å². The molecule has 0 saturated heterocycles. The lowest BCUT2D eigenvalue weighted by molar-refractivity contribution is -0.138. The third kappa shape index (κ3) is 2.20. The van der Waals surface area contributed by atoms with Gasteiger partial charge < -0.3 is 4.74 Å². The molecular weight excluding hydrogens is 252 g/mol. The van der Waals surface area contributed by atoms with Gasteiger partial charge in [-0.1, -0.05) is 18.2 Å². The second-order valence-corrected chi connectivity index (χ2v) is 4.54. The van der Waals surface area contributed by atoms with E-state index in [0.717, 1.165) is 21.7 Å². The van der Waals surface area contributed by atoms with Gasteiger partial charge in [-0.2, -0.15) is 0 Å². The highest BCUT2D eigenvalue weighted by Gasteiger charge is 2.16. The SMILES string of the molecule is CCOC(=O)C1=CN=c2c(ccc3c2=CC=CN=C3)C1. The number of hydrogen-bond acceptors (Lipinski definition) is 4. The first-order valence-corrected chi connectivity index (χ1v) is 6.55. The molecule has 3 rings (SSSR count). The van der Waals surface area contributed by atoms with E-state index in [2.05, 4.69) is 9.98 Å². The Morgan fingerprint density at radius 3 is 3.15 bits per heavy atom. The van der Waals surface area contributed by atoms with Crippen molar-refractivity contribution in [2.24, 2.45) is 9.98 Å². The zero-order valence-electron chi connectivity index (χ0n) is 11.2. The average Bonchev–Trinajstić information content (AvgIpc) is 2.72. The van der Waals surface area contributed by atoms with Crippen LogP contribution in [-0.2, 0) is 16.0 Å². The van der Waals surface area contributed by atoms with Crippen LogP contribution in [0.5, 0.6) is 0 Å². The predicted molar refractivity (Wildman–Crippen MR) is 76.8 cm³/mol. The molecule has 2 aliphatic rings. The number of hydrogen-bond donors (Lipinski definition) is 0. The molecule has 100 valence electrons. The van der Waals surface area contributed by atoms with Gasteiger partial charge in [0.25, 0.3) is 0 Å². The second kappa shape index (κ2) is 5.25. The van der Waals surface area contributed by atoms with Gasteiger partial charge in [0.05, 0.1) is 17.5 Å². The van der Waals surface area contributed by atoms with E-state index in [0.29, 0.717) is 18.6 Å². The molecule has 2 aliphatic heterocycles. The fraction of sp³-hybridized carbons (Fsp3) is 0.188. The number of carbonyl (C=O) groups excluding carboxylic acids is 1. The average molecular weight is 266 g/mol. The largest absolute Gasteiger partial charge is 0.463 e. The Labute approximate surface area is 116 Å². The fourth-order valence-electron chi connectivity index (χ4n) is 2.31. The molecule has 0 aliphatic carbocycles. The number of ether oxygens (including phenoxy) is 1. The van der Waals surface area contributed by atoms with E-state index in [1.54, 1.807) is 19.3 Å². The molecule has 0 amide bonds. The van der Waals surface area contributed by atoms with Crippen molar-refractivity contribution >= 4 is 18.3 Å².